The maximum absolute atomic E-state index is 11.2. The van der Waals surface area contributed by atoms with E-state index in [1.54, 1.807) is 0 Å². The van der Waals surface area contributed by atoms with Gasteiger partial charge in [0, 0.05) is 18.3 Å². The number of aliphatic carboxylic acids is 2. The van der Waals surface area contributed by atoms with Gasteiger partial charge in [0.25, 0.3) is 0 Å². The van der Waals surface area contributed by atoms with Crippen molar-refractivity contribution >= 4 is 19.5 Å². The van der Waals surface area contributed by atoms with Crippen LogP contribution in [0.25, 0.3) is 0 Å². The zero-order valence-electron chi connectivity index (χ0n) is 9.52. The Morgan fingerprint density at radius 3 is 2.68 bits per heavy atom. The maximum atomic E-state index is 11.2. The Balaban J connectivity index is 2.57. The highest BCUT2D eigenvalue weighted by molar-refractivity contribution is 7.53. The zero-order valence-corrected chi connectivity index (χ0v) is 10.4. The fourth-order valence-electron chi connectivity index (χ4n) is 1.14. The van der Waals surface area contributed by atoms with E-state index in [1.165, 1.54) is 12.5 Å². The van der Waals surface area contributed by atoms with Crippen molar-refractivity contribution in [3.05, 3.63) is 18.2 Å². The number of nitrogens with zero attached hydrogens (tertiary/aromatic N) is 1. The second-order valence-corrected chi connectivity index (χ2v) is 5.34. The Hall–Kier alpha value is -1.74. The van der Waals surface area contributed by atoms with Gasteiger partial charge in [0.2, 0.25) is 0 Å². The number of carboxylic acids is 2. The van der Waals surface area contributed by atoms with Crippen molar-refractivity contribution in [3.8, 4) is 0 Å². The summed E-state index contributed by atoms with van der Waals surface area (Å²) in [6, 6.07) is -1.32. The standard InChI is InChI=1S/C8H12N3O7P/c12-7(13)3-19(16,17)18-11-6(8(14)15)1-5-2-9-4-10-5/h2,4,6,11H,1,3H2,(H,9,10)(H,12,13)(H,14,15)(H,16,17)/t6-/m0/s1. The van der Waals surface area contributed by atoms with Gasteiger partial charge in [0.1, 0.15) is 12.2 Å². The summed E-state index contributed by atoms with van der Waals surface area (Å²) in [5, 5.41) is 17.2. The molecule has 5 N–H and O–H groups in total. The number of hydroxylamine groups is 1. The first-order valence-electron chi connectivity index (χ1n) is 4.98. The second kappa shape index (κ2) is 6.43. The van der Waals surface area contributed by atoms with Gasteiger partial charge < -0.3 is 20.1 Å². The molecule has 0 bridgehead atoms. The van der Waals surface area contributed by atoms with Gasteiger partial charge in [0.15, 0.2) is 0 Å². The van der Waals surface area contributed by atoms with Crippen LogP contribution in [-0.2, 0) is 25.2 Å². The molecule has 1 aromatic heterocycles. The Morgan fingerprint density at radius 2 is 2.21 bits per heavy atom. The van der Waals surface area contributed by atoms with E-state index in [9.17, 15) is 14.2 Å². The van der Waals surface area contributed by atoms with Gasteiger partial charge in [-0.1, -0.05) is 0 Å². The molecule has 1 aromatic rings. The van der Waals surface area contributed by atoms with Crippen molar-refractivity contribution in [1.29, 1.82) is 0 Å². The molecule has 11 heteroatoms. The third-order valence-electron chi connectivity index (χ3n) is 1.95. The number of rotatable bonds is 8. The van der Waals surface area contributed by atoms with E-state index in [0.717, 1.165) is 0 Å². The maximum Gasteiger partial charge on any atom is 0.355 e. The van der Waals surface area contributed by atoms with Crippen molar-refractivity contribution in [3.63, 3.8) is 0 Å². The van der Waals surface area contributed by atoms with E-state index < -0.39 is 31.7 Å². The molecule has 1 heterocycles. The second-order valence-electron chi connectivity index (χ2n) is 3.57. The van der Waals surface area contributed by atoms with Crippen LogP contribution in [0, 0.1) is 0 Å². The first kappa shape index (κ1) is 15.3. The van der Waals surface area contributed by atoms with E-state index in [0.29, 0.717) is 5.69 Å². The fraction of sp³-hybridized carbons (Fsp3) is 0.375. The van der Waals surface area contributed by atoms with Crippen molar-refractivity contribution in [2.75, 3.05) is 6.16 Å². The van der Waals surface area contributed by atoms with Gasteiger partial charge in [0.05, 0.1) is 6.33 Å². The van der Waals surface area contributed by atoms with Crippen molar-refractivity contribution in [2.24, 2.45) is 0 Å². The number of H-pyrrole nitrogens is 1. The Labute approximate surface area is 106 Å². The predicted octanol–water partition coefficient (Wildman–Crippen LogP) is -0.803. The molecule has 0 aliphatic rings. The molecule has 0 fully saturated rings. The lowest BCUT2D eigenvalue weighted by Crippen LogP contribution is -2.38. The average molecular weight is 293 g/mol. The summed E-state index contributed by atoms with van der Waals surface area (Å²) < 4.78 is 15.5. The molecule has 0 amide bonds. The summed E-state index contributed by atoms with van der Waals surface area (Å²) in [6.45, 7) is 0. The molecule has 0 aromatic carbocycles. The third-order valence-corrected chi connectivity index (χ3v) is 3.01. The van der Waals surface area contributed by atoms with Crippen LogP contribution >= 0.6 is 7.60 Å². The highest BCUT2D eigenvalue weighted by atomic mass is 31.2. The Kier molecular flexibility index (Phi) is 5.19. The molecule has 0 aliphatic heterocycles. The zero-order chi connectivity index (χ0) is 14.5. The van der Waals surface area contributed by atoms with E-state index in [1.807, 2.05) is 5.48 Å². The van der Waals surface area contributed by atoms with Crippen molar-refractivity contribution in [1.82, 2.24) is 15.4 Å². The number of hydrogen-bond acceptors (Lipinski definition) is 6. The SMILES string of the molecule is O=C(O)CP(=O)(O)ON[C@@H](Cc1cnc[nH]1)C(=O)O. The quantitative estimate of drug-likeness (QED) is 0.305. The van der Waals surface area contributed by atoms with E-state index in [2.05, 4.69) is 14.6 Å². The molecule has 106 valence electrons. The number of nitrogens with one attached hydrogen (secondary N) is 2. The summed E-state index contributed by atoms with van der Waals surface area (Å²) in [5.74, 6) is -2.86. The highest BCUT2D eigenvalue weighted by Gasteiger charge is 2.28. The molecule has 10 nitrogen and oxygen atoms in total. The van der Waals surface area contributed by atoms with Crippen molar-refractivity contribution in [2.45, 2.75) is 12.5 Å². The number of aromatic nitrogens is 2. The van der Waals surface area contributed by atoms with Crippen LogP contribution in [-0.4, -0.2) is 49.2 Å². The van der Waals surface area contributed by atoms with Gasteiger partial charge >= 0.3 is 19.5 Å². The lowest BCUT2D eigenvalue weighted by molar-refractivity contribution is -0.141. The lowest BCUT2D eigenvalue weighted by Gasteiger charge is -2.15. The largest absolute Gasteiger partial charge is 0.481 e. The normalized spacial score (nSPS) is 15.6. The molecule has 0 aliphatic carbocycles. The summed E-state index contributed by atoms with van der Waals surface area (Å²) >= 11 is 0. The third kappa shape index (κ3) is 5.62. The molecule has 19 heavy (non-hydrogen) atoms. The van der Waals surface area contributed by atoms with Crippen LogP contribution in [0.1, 0.15) is 5.69 Å². The number of imidazole rings is 1. The Bertz CT molecular complexity index is 489. The van der Waals surface area contributed by atoms with Crippen LogP contribution in [0.3, 0.4) is 0 Å². The smallest absolute Gasteiger partial charge is 0.355 e. The summed E-state index contributed by atoms with van der Waals surface area (Å²) in [7, 11) is -4.43. The summed E-state index contributed by atoms with van der Waals surface area (Å²) in [6.07, 6.45) is 1.52. The molecule has 1 unspecified atom stereocenters. The van der Waals surface area contributed by atoms with E-state index in [-0.39, 0.29) is 6.42 Å². The minimum absolute atomic E-state index is 0.0809. The van der Waals surface area contributed by atoms with Gasteiger partial charge in [-0.25, -0.2) is 9.61 Å². The average Bonchev–Trinajstić information content (AvgIpc) is 2.74. The van der Waals surface area contributed by atoms with Gasteiger partial charge in [-0.3, -0.25) is 14.2 Å². The predicted molar refractivity (Wildman–Crippen MR) is 60.3 cm³/mol. The molecule has 2 atom stereocenters. The monoisotopic (exact) mass is 293 g/mol. The first-order chi connectivity index (χ1) is 8.80. The van der Waals surface area contributed by atoms with E-state index in [4.69, 9.17) is 15.1 Å². The number of hydrogen-bond donors (Lipinski definition) is 5. The van der Waals surface area contributed by atoms with Crippen LogP contribution in [0.4, 0.5) is 0 Å². The molecule has 0 saturated heterocycles. The van der Waals surface area contributed by atoms with Crippen molar-refractivity contribution < 1.29 is 33.9 Å². The van der Waals surface area contributed by atoms with Crippen LogP contribution in [0.15, 0.2) is 12.5 Å². The number of carboxylic acid groups (broad SMARTS) is 2. The van der Waals surface area contributed by atoms with Crippen LogP contribution in [0.2, 0.25) is 0 Å². The molecule has 0 saturated carbocycles. The molecular formula is C8H12N3O7P. The van der Waals surface area contributed by atoms with Crippen LogP contribution in [0.5, 0.6) is 0 Å². The minimum Gasteiger partial charge on any atom is -0.481 e. The summed E-state index contributed by atoms with van der Waals surface area (Å²) in [5.41, 5.74) is 2.35. The lowest BCUT2D eigenvalue weighted by atomic mass is 10.2. The highest BCUT2D eigenvalue weighted by Crippen LogP contribution is 2.40. The van der Waals surface area contributed by atoms with Gasteiger partial charge in [-0.2, -0.15) is 5.48 Å². The van der Waals surface area contributed by atoms with Gasteiger partial charge in [-0.05, 0) is 0 Å². The molecule has 0 spiro atoms. The van der Waals surface area contributed by atoms with Crippen LogP contribution < -0.4 is 5.48 Å². The fourth-order valence-corrected chi connectivity index (χ4v) is 1.84. The molecule has 0 radical (unpaired) electrons. The molecule has 1 rings (SSSR count). The number of carbonyl (C=O) groups is 2. The number of aromatic amines is 1. The first-order valence-corrected chi connectivity index (χ1v) is 6.74. The minimum atomic E-state index is -4.43. The Morgan fingerprint density at radius 1 is 1.53 bits per heavy atom. The molecular weight excluding hydrogens is 281 g/mol. The van der Waals surface area contributed by atoms with Gasteiger partial charge in [-0.15, -0.1) is 0 Å². The van der Waals surface area contributed by atoms with E-state index >= 15 is 0 Å². The topological polar surface area (TPSA) is 162 Å². The summed E-state index contributed by atoms with van der Waals surface area (Å²) in [4.78, 5) is 36.6.